The van der Waals surface area contributed by atoms with Gasteiger partial charge in [-0.15, -0.1) is 0 Å². The molecule has 8 heteroatoms. The summed E-state index contributed by atoms with van der Waals surface area (Å²) in [4.78, 5) is 37.8. The topological polar surface area (TPSA) is 121 Å². The Bertz CT molecular complexity index is 1220. The van der Waals surface area contributed by atoms with E-state index in [1.807, 2.05) is 0 Å². The van der Waals surface area contributed by atoms with Crippen molar-refractivity contribution in [3.63, 3.8) is 0 Å². The average molecular weight is 416 g/mol. The molecule has 0 aliphatic carbocycles. The van der Waals surface area contributed by atoms with E-state index in [1.165, 1.54) is 42.5 Å². The van der Waals surface area contributed by atoms with Crippen molar-refractivity contribution >= 4 is 28.8 Å². The van der Waals surface area contributed by atoms with Crippen LogP contribution in [0.1, 0.15) is 17.2 Å². The molecule has 1 aliphatic rings. The fourth-order valence-corrected chi connectivity index (χ4v) is 3.59. The van der Waals surface area contributed by atoms with Gasteiger partial charge in [-0.2, -0.15) is 0 Å². The lowest BCUT2D eigenvalue weighted by Gasteiger charge is -2.25. The van der Waals surface area contributed by atoms with Gasteiger partial charge < -0.3 is 10.2 Å². The van der Waals surface area contributed by atoms with Crippen LogP contribution in [0.15, 0.2) is 84.4 Å². The summed E-state index contributed by atoms with van der Waals surface area (Å²) in [5, 5.41) is 31.8. The summed E-state index contributed by atoms with van der Waals surface area (Å²) in [7, 11) is 0. The van der Waals surface area contributed by atoms with Crippen molar-refractivity contribution < 1.29 is 24.7 Å². The van der Waals surface area contributed by atoms with Gasteiger partial charge in [0.2, 0.25) is 0 Å². The summed E-state index contributed by atoms with van der Waals surface area (Å²) in [6.07, 6.45) is 0. The minimum atomic E-state index is -1.09. The number of phenols is 1. The average Bonchev–Trinajstić information content (AvgIpc) is 3.05. The van der Waals surface area contributed by atoms with E-state index >= 15 is 0 Å². The third-order valence-electron chi connectivity index (χ3n) is 5.02. The molecule has 1 saturated heterocycles. The third-order valence-corrected chi connectivity index (χ3v) is 5.02. The number of hydrogen-bond acceptors (Lipinski definition) is 6. The molecule has 0 aromatic heterocycles. The first kappa shape index (κ1) is 19.8. The molecule has 8 nitrogen and oxygen atoms in total. The number of aliphatic hydroxyl groups excluding tert-OH is 1. The highest BCUT2D eigenvalue weighted by Crippen LogP contribution is 2.43. The molecule has 0 unspecified atom stereocenters. The van der Waals surface area contributed by atoms with Gasteiger partial charge in [0.25, 0.3) is 17.4 Å². The molecule has 0 spiro atoms. The maximum Gasteiger partial charge on any atom is 0.300 e. The molecule has 1 amide bonds. The van der Waals surface area contributed by atoms with E-state index in [0.29, 0.717) is 16.8 Å². The van der Waals surface area contributed by atoms with E-state index in [4.69, 9.17) is 0 Å². The van der Waals surface area contributed by atoms with Crippen LogP contribution in [-0.4, -0.2) is 26.8 Å². The molecule has 3 aromatic rings. The largest absolute Gasteiger partial charge is 0.508 e. The van der Waals surface area contributed by atoms with Gasteiger partial charge in [-0.25, -0.2) is 0 Å². The number of nitro groups is 1. The number of non-ortho nitro benzene ring substituents is 1. The zero-order valence-corrected chi connectivity index (χ0v) is 16.0. The van der Waals surface area contributed by atoms with Crippen LogP contribution in [0.25, 0.3) is 5.76 Å². The van der Waals surface area contributed by atoms with Crippen LogP contribution in [0.5, 0.6) is 5.75 Å². The van der Waals surface area contributed by atoms with Gasteiger partial charge in [0, 0.05) is 23.4 Å². The van der Waals surface area contributed by atoms with Crippen molar-refractivity contribution in [3.05, 3.63) is 106 Å². The standard InChI is InChI=1S/C23H16N2O6/c26-18-11-9-16(10-12-18)24-20(15-7-4-8-17(13-15)25(30)31)19(22(28)23(24)29)21(27)14-5-2-1-3-6-14/h1-13,20,26-27H/b21-19+/t20-/m1/s1. The number of ketones is 1. The lowest BCUT2D eigenvalue weighted by molar-refractivity contribution is -0.384. The van der Waals surface area contributed by atoms with Gasteiger partial charge in [0.05, 0.1) is 16.5 Å². The van der Waals surface area contributed by atoms with Crippen molar-refractivity contribution in [1.82, 2.24) is 0 Å². The number of benzene rings is 3. The molecular formula is C23H16N2O6. The summed E-state index contributed by atoms with van der Waals surface area (Å²) in [6, 6.07) is 18.4. The zero-order valence-electron chi connectivity index (χ0n) is 16.0. The second-order valence-electron chi connectivity index (χ2n) is 6.90. The maximum atomic E-state index is 13.0. The van der Waals surface area contributed by atoms with E-state index in [2.05, 4.69) is 0 Å². The summed E-state index contributed by atoms with van der Waals surface area (Å²) >= 11 is 0. The molecule has 1 atom stereocenters. The van der Waals surface area contributed by atoms with E-state index in [-0.39, 0.29) is 22.8 Å². The number of nitrogens with zero attached hydrogens (tertiary/aromatic N) is 2. The summed E-state index contributed by atoms with van der Waals surface area (Å²) in [5.41, 5.74) is 0.530. The van der Waals surface area contributed by atoms with E-state index in [1.54, 1.807) is 36.4 Å². The molecule has 1 heterocycles. The first-order chi connectivity index (χ1) is 14.9. The van der Waals surface area contributed by atoms with Crippen LogP contribution in [0.2, 0.25) is 0 Å². The number of rotatable bonds is 4. The molecule has 3 aromatic carbocycles. The maximum absolute atomic E-state index is 13.0. The minimum absolute atomic E-state index is 0.0310. The first-order valence-electron chi connectivity index (χ1n) is 9.28. The van der Waals surface area contributed by atoms with Crippen LogP contribution in [0.4, 0.5) is 11.4 Å². The second-order valence-corrected chi connectivity index (χ2v) is 6.90. The molecule has 1 aliphatic heterocycles. The normalized spacial score (nSPS) is 17.7. The van der Waals surface area contributed by atoms with Gasteiger partial charge in [-0.3, -0.25) is 24.6 Å². The highest BCUT2D eigenvalue weighted by molar-refractivity contribution is 6.51. The van der Waals surface area contributed by atoms with Gasteiger partial charge >= 0.3 is 0 Å². The number of amides is 1. The molecule has 0 radical (unpaired) electrons. The molecule has 4 rings (SSSR count). The molecule has 2 N–H and O–H groups in total. The van der Waals surface area contributed by atoms with Crippen molar-refractivity contribution in [2.75, 3.05) is 4.90 Å². The van der Waals surface area contributed by atoms with Crippen molar-refractivity contribution in [1.29, 1.82) is 0 Å². The molecule has 31 heavy (non-hydrogen) atoms. The minimum Gasteiger partial charge on any atom is -0.508 e. The van der Waals surface area contributed by atoms with Crippen molar-refractivity contribution in [3.8, 4) is 5.75 Å². The number of phenolic OH excluding ortho intramolecular Hbond substituents is 1. The number of nitro benzene ring substituents is 1. The van der Waals surface area contributed by atoms with Crippen LogP contribution in [-0.2, 0) is 9.59 Å². The van der Waals surface area contributed by atoms with E-state index < -0.39 is 22.7 Å². The van der Waals surface area contributed by atoms with Gasteiger partial charge in [-0.1, -0.05) is 42.5 Å². The fraction of sp³-hybridized carbons (Fsp3) is 0.0435. The zero-order chi connectivity index (χ0) is 22.1. The Morgan fingerprint density at radius 2 is 1.61 bits per heavy atom. The van der Waals surface area contributed by atoms with E-state index in [0.717, 1.165) is 4.90 Å². The Morgan fingerprint density at radius 3 is 2.26 bits per heavy atom. The SMILES string of the molecule is O=C1C(=O)N(c2ccc(O)cc2)[C@H](c2cccc([N+](=O)[O-])c2)/C1=C(\O)c1ccccc1. The lowest BCUT2D eigenvalue weighted by atomic mass is 9.95. The predicted molar refractivity (Wildman–Crippen MR) is 112 cm³/mol. The Labute approximate surface area is 176 Å². The number of carbonyl (C=O) groups excluding carboxylic acids is 2. The number of Topliss-reactive ketones (excluding diaryl/α,β-unsaturated/α-hetero) is 1. The Kier molecular flexibility index (Phi) is 4.96. The second kappa shape index (κ2) is 7.75. The highest BCUT2D eigenvalue weighted by Gasteiger charge is 2.47. The Balaban J connectivity index is 1.97. The monoisotopic (exact) mass is 416 g/mol. The molecular weight excluding hydrogens is 400 g/mol. The summed E-state index contributed by atoms with van der Waals surface area (Å²) in [6.45, 7) is 0. The quantitative estimate of drug-likeness (QED) is 0.219. The third kappa shape index (κ3) is 3.51. The number of anilines is 1. The van der Waals surface area contributed by atoms with Gasteiger partial charge in [-0.05, 0) is 29.8 Å². The molecule has 154 valence electrons. The molecule has 0 saturated carbocycles. The molecule has 1 fully saturated rings. The number of aromatic hydroxyl groups is 1. The van der Waals surface area contributed by atoms with Gasteiger partial charge in [0.15, 0.2) is 0 Å². The van der Waals surface area contributed by atoms with Crippen LogP contribution in [0, 0.1) is 10.1 Å². The predicted octanol–water partition coefficient (Wildman–Crippen LogP) is 3.93. The number of carbonyl (C=O) groups is 2. The summed E-state index contributed by atoms with van der Waals surface area (Å²) in [5.74, 6) is -2.21. The van der Waals surface area contributed by atoms with Crippen molar-refractivity contribution in [2.24, 2.45) is 0 Å². The first-order valence-corrected chi connectivity index (χ1v) is 9.28. The highest BCUT2D eigenvalue weighted by atomic mass is 16.6. The van der Waals surface area contributed by atoms with Crippen LogP contribution >= 0.6 is 0 Å². The van der Waals surface area contributed by atoms with Crippen LogP contribution in [0.3, 0.4) is 0 Å². The Morgan fingerprint density at radius 1 is 0.935 bits per heavy atom. The van der Waals surface area contributed by atoms with E-state index in [9.17, 15) is 29.9 Å². The molecule has 0 bridgehead atoms. The summed E-state index contributed by atoms with van der Waals surface area (Å²) < 4.78 is 0. The smallest absolute Gasteiger partial charge is 0.300 e. The lowest BCUT2D eigenvalue weighted by Crippen LogP contribution is -2.29. The number of aliphatic hydroxyl groups is 1. The van der Waals surface area contributed by atoms with Crippen LogP contribution < -0.4 is 4.90 Å². The fourth-order valence-electron chi connectivity index (χ4n) is 3.59. The van der Waals surface area contributed by atoms with Crippen molar-refractivity contribution in [2.45, 2.75) is 6.04 Å². The Hall–Kier alpha value is -4.46. The van der Waals surface area contributed by atoms with Gasteiger partial charge in [0.1, 0.15) is 11.5 Å². The number of hydrogen-bond donors (Lipinski definition) is 2.